The van der Waals surface area contributed by atoms with E-state index in [4.69, 9.17) is 27.4 Å². The second-order valence-corrected chi connectivity index (χ2v) is 7.98. The fraction of sp³-hybridized carbons (Fsp3) is 0.250. The lowest BCUT2D eigenvalue weighted by molar-refractivity contribution is -0.122. The lowest BCUT2D eigenvalue weighted by Crippen LogP contribution is -2.47. The molecule has 0 fully saturated rings. The van der Waals surface area contributed by atoms with Crippen molar-refractivity contribution >= 4 is 34.8 Å². The second kappa shape index (κ2) is 11.5. The minimum Gasteiger partial charge on any atom is -0.451 e. The zero-order valence-corrected chi connectivity index (χ0v) is 19.1. The van der Waals surface area contributed by atoms with Crippen LogP contribution in [0.25, 0.3) is 11.0 Å². The molecule has 9 N–H and O–H groups in total. The van der Waals surface area contributed by atoms with Crippen molar-refractivity contribution in [3.05, 3.63) is 71.5 Å². The first-order valence-corrected chi connectivity index (χ1v) is 11.0. The van der Waals surface area contributed by atoms with E-state index in [1.165, 1.54) is 4.90 Å². The van der Waals surface area contributed by atoms with Gasteiger partial charge < -0.3 is 37.6 Å². The molecule has 1 aromatic heterocycles. The van der Waals surface area contributed by atoms with Gasteiger partial charge in [-0.25, -0.2) is 4.79 Å². The van der Waals surface area contributed by atoms with Gasteiger partial charge in [0.1, 0.15) is 11.6 Å². The number of para-hydroxylation sites is 1. The van der Waals surface area contributed by atoms with Crippen LogP contribution in [0.2, 0.25) is 0 Å². The fourth-order valence-corrected chi connectivity index (χ4v) is 3.65. The van der Waals surface area contributed by atoms with Crippen molar-refractivity contribution in [2.45, 2.75) is 32.0 Å². The molecule has 184 valence electrons. The molecule has 11 nitrogen and oxygen atoms in total. The van der Waals surface area contributed by atoms with Gasteiger partial charge in [0, 0.05) is 25.0 Å². The molecular formula is C24H29N7O4. The second-order valence-electron chi connectivity index (χ2n) is 7.98. The highest BCUT2D eigenvalue weighted by Crippen LogP contribution is 2.23. The van der Waals surface area contributed by atoms with E-state index in [1.807, 2.05) is 18.2 Å². The van der Waals surface area contributed by atoms with E-state index in [0.29, 0.717) is 18.5 Å². The third-order valence-electron chi connectivity index (χ3n) is 5.37. The minimum atomic E-state index is -0.916. The van der Waals surface area contributed by atoms with Crippen molar-refractivity contribution in [2.24, 2.45) is 27.9 Å². The van der Waals surface area contributed by atoms with Gasteiger partial charge in [0.25, 0.3) is 5.91 Å². The number of fused-ring (bicyclic) bond motifs is 1. The van der Waals surface area contributed by atoms with Crippen molar-refractivity contribution in [1.82, 2.24) is 10.2 Å². The van der Waals surface area contributed by atoms with E-state index in [2.05, 4.69) is 10.3 Å². The Labute approximate surface area is 202 Å². The van der Waals surface area contributed by atoms with Crippen molar-refractivity contribution in [3.8, 4) is 0 Å². The number of hydrogen-bond donors (Lipinski definition) is 5. The first kappa shape index (κ1) is 25.1. The van der Waals surface area contributed by atoms with Gasteiger partial charge in [-0.15, -0.1) is 0 Å². The van der Waals surface area contributed by atoms with Gasteiger partial charge in [-0.05, 0) is 36.1 Å². The number of urea groups is 1. The number of carbonyl (C=O) groups is 3. The number of carbonyl (C=O) groups excluding carboxylic acids is 3. The summed E-state index contributed by atoms with van der Waals surface area (Å²) in [4.78, 5) is 42.2. The van der Waals surface area contributed by atoms with Crippen LogP contribution < -0.4 is 28.3 Å². The maximum atomic E-state index is 13.5. The number of furan rings is 1. The van der Waals surface area contributed by atoms with Gasteiger partial charge in [0.15, 0.2) is 11.7 Å². The first-order chi connectivity index (χ1) is 16.7. The largest absolute Gasteiger partial charge is 0.451 e. The molecule has 1 heterocycles. The van der Waals surface area contributed by atoms with Crippen LogP contribution in [0.5, 0.6) is 0 Å². The van der Waals surface area contributed by atoms with Crippen molar-refractivity contribution < 1.29 is 18.8 Å². The van der Waals surface area contributed by atoms with Crippen LogP contribution in [0.3, 0.4) is 0 Å². The highest BCUT2D eigenvalue weighted by molar-refractivity contribution is 5.98. The van der Waals surface area contributed by atoms with Gasteiger partial charge in [-0.1, -0.05) is 42.5 Å². The van der Waals surface area contributed by atoms with Gasteiger partial charge >= 0.3 is 6.03 Å². The van der Waals surface area contributed by atoms with Gasteiger partial charge in [0.2, 0.25) is 5.91 Å². The van der Waals surface area contributed by atoms with Crippen LogP contribution in [-0.4, -0.2) is 41.3 Å². The number of guanidine groups is 1. The molecule has 3 rings (SSSR count). The van der Waals surface area contributed by atoms with E-state index in [0.717, 1.165) is 16.5 Å². The van der Waals surface area contributed by atoms with Gasteiger partial charge in [0.05, 0.1) is 0 Å². The molecule has 35 heavy (non-hydrogen) atoms. The Hall–Kier alpha value is -4.54. The molecule has 2 aromatic carbocycles. The van der Waals surface area contributed by atoms with Crippen LogP contribution in [0.4, 0.5) is 4.79 Å². The smallest absolute Gasteiger partial charge is 0.312 e. The van der Waals surface area contributed by atoms with E-state index >= 15 is 0 Å². The Morgan fingerprint density at radius 2 is 1.66 bits per heavy atom. The third-order valence-corrected chi connectivity index (χ3v) is 5.37. The monoisotopic (exact) mass is 479 g/mol. The molecular weight excluding hydrogens is 450 g/mol. The molecule has 0 aliphatic carbocycles. The Kier molecular flexibility index (Phi) is 8.28. The molecule has 0 bridgehead atoms. The quantitative estimate of drug-likeness (QED) is 0.155. The standard InChI is InChI=1S/C24H29N7O4/c25-21(32)18(5-3-11-29-23(26)27)31(14-16-9-7-15(8-10-16)13-30-24(28)34)22(33)20-12-17-4-1-2-6-19(17)35-20/h1-2,4,6-10,12,18H,3,5,11,13-14H2,(H2,25,32)(H4,26,27,29)(H3,28,30,34)/t18-/m1/s1. The molecule has 0 saturated heterocycles. The molecule has 0 unspecified atom stereocenters. The average Bonchev–Trinajstić information content (AvgIpc) is 3.26. The number of benzene rings is 2. The third kappa shape index (κ3) is 6.97. The normalized spacial score (nSPS) is 11.5. The number of amides is 4. The molecule has 0 aliphatic rings. The summed E-state index contributed by atoms with van der Waals surface area (Å²) >= 11 is 0. The molecule has 0 spiro atoms. The first-order valence-electron chi connectivity index (χ1n) is 11.0. The summed E-state index contributed by atoms with van der Waals surface area (Å²) in [5.41, 5.74) is 23.7. The van der Waals surface area contributed by atoms with Gasteiger partial charge in [-0.3, -0.25) is 14.6 Å². The maximum Gasteiger partial charge on any atom is 0.312 e. The van der Waals surface area contributed by atoms with E-state index in [1.54, 1.807) is 36.4 Å². The summed E-state index contributed by atoms with van der Waals surface area (Å²) in [7, 11) is 0. The topological polar surface area (TPSA) is 196 Å². The number of aliphatic imine (C=N–C) groups is 1. The summed E-state index contributed by atoms with van der Waals surface area (Å²) in [5, 5.41) is 3.29. The predicted octanol–water partition coefficient (Wildman–Crippen LogP) is 1.15. The van der Waals surface area contributed by atoms with Crippen molar-refractivity contribution in [1.29, 1.82) is 0 Å². The number of rotatable bonds is 11. The molecule has 4 amide bonds. The fourth-order valence-electron chi connectivity index (χ4n) is 3.65. The number of nitrogens with zero attached hydrogens (tertiary/aromatic N) is 2. The molecule has 0 radical (unpaired) electrons. The SMILES string of the molecule is NC(=O)NCc1ccc(CN(C(=O)c2cc3ccccc3o2)[C@H](CCCN=C(N)N)C(N)=O)cc1. The predicted molar refractivity (Wildman–Crippen MR) is 132 cm³/mol. The van der Waals surface area contributed by atoms with Crippen LogP contribution in [0.1, 0.15) is 34.5 Å². The summed E-state index contributed by atoms with van der Waals surface area (Å²) < 4.78 is 5.76. The molecule has 11 heteroatoms. The maximum absolute atomic E-state index is 13.5. The number of primary amides is 2. The summed E-state index contributed by atoms with van der Waals surface area (Å²) in [6.07, 6.45) is 0.700. The van der Waals surface area contributed by atoms with Crippen LogP contribution in [-0.2, 0) is 17.9 Å². The van der Waals surface area contributed by atoms with Crippen molar-refractivity contribution in [3.63, 3.8) is 0 Å². The molecule has 3 aromatic rings. The minimum absolute atomic E-state index is 0.0539. The Morgan fingerprint density at radius 3 is 2.29 bits per heavy atom. The molecule has 0 aliphatic heterocycles. The number of hydrogen-bond acceptors (Lipinski definition) is 5. The number of nitrogens with two attached hydrogens (primary N) is 4. The Bertz CT molecular complexity index is 1180. The zero-order valence-electron chi connectivity index (χ0n) is 19.1. The average molecular weight is 480 g/mol. The van der Waals surface area contributed by atoms with Crippen LogP contribution in [0.15, 0.2) is 64.0 Å². The molecule has 1 atom stereocenters. The highest BCUT2D eigenvalue weighted by Gasteiger charge is 2.30. The zero-order chi connectivity index (χ0) is 25.4. The number of nitrogens with one attached hydrogen (secondary N) is 1. The summed E-state index contributed by atoms with van der Waals surface area (Å²) in [6, 6.07) is 14.5. The van der Waals surface area contributed by atoms with Crippen molar-refractivity contribution in [2.75, 3.05) is 6.54 Å². The van der Waals surface area contributed by atoms with E-state index in [-0.39, 0.29) is 31.2 Å². The van der Waals surface area contributed by atoms with Crippen LogP contribution in [0, 0.1) is 0 Å². The Balaban J connectivity index is 1.87. The van der Waals surface area contributed by atoms with Gasteiger partial charge in [-0.2, -0.15) is 0 Å². The van der Waals surface area contributed by atoms with E-state index < -0.39 is 23.9 Å². The van der Waals surface area contributed by atoms with Crippen LogP contribution >= 0.6 is 0 Å². The lowest BCUT2D eigenvalue weighted by Gasteiger charge is -2.29. The summed E-state index contributed by atoms with van der Waals surface area (Å²) in [5.74, 6) is -1.07. The highest BCUT2D eigenvalue weighted by atomic mass is 16.3. The lowest BCUT2D eigenvalue weighted by atomic mass is 10.1. The van der Waals surface area contributed by atoms with E-state index in [9.17, 15) is 14.4 Å². The Morgan fingerprint density at radius 1 is 0.971 bits per heavy atom. The molecule has 0 saturated carbocycles. The summed E-state index contributed by atoms with van der Waals surface area (Å²) in [6.45, 7) is 0.668.